The SMILES string of the molecule is COC(=O)[C@H](CCSC)NC(=O)c1ccc(C=C(c2ccccc2)C(C)n2ccnc2)cc1. The Morgan fingerprint density at radius 1 is 1.12 bits per heavy atom. The number of hydrogen-bond donors (Lipinski definition) is 1. The Bertz CT molecular complexity index is 1060. The van der Waals surface area contributed by atoms with Gasteiger partial charge >= 0.3 is 5.97 Å². The van der Waals surface area contributed by atoms with Gasteiger partial charge in [-0.2, -0.15) is 11.8 Å². The molecule has 6 nitrogen and oxygen atoms in total. The van der Waals surface area contributed by atoms with Crippen molar-refractivity contribution in [2.45, 2.75) is 25.4 Å². The molecular weight excluding hydrogens is 434 g/mol. The Morgan fingerprint density at radius 3 is 2.45 bits per heavy atom. The van der Waals surface area contributed by atoms with Gasteiger partial charge in [0.15, 0.2) is 0 Å². The fourth-order valence-electron chi connectivity index (χ4n) is 3.51. The minimum absolute atomic E-state index is 0.0788. The molecule has 2 aromatic carbocycles. The van der Waals surface area contributed by atoms with Gasteiger partial charge in [0.05, 0.1) is 19.5 Å². The molecule has 1 N–H and O–H groups in total. The van der Waals surface area contributed by atoms with Crippen molar-refractivity contribution >= 4 is 35.3 Å². The van der Waals surface area contributed by atoms with Gasteiger partial charge in [0.25, 0.3) is 5.91 Å². The molecule has 3 rings (SSSR count). The number of carbonyl (C=O) groups excluding carboxylic acids is 2. The molecule has 1 heterocycles. The van der Waals surface area contributed by atoms with E-state index >= 15 is 0 Å². The zero-order valence-corrected chi connectivity index (χ0v) is 19.9. The van der Waals surface area contributed by atoms with Gasteiger partial charge in [-0.1, -0.05) is 42.5 Å². The van der Waals surface area contributed by atoms with E-state index in [0.29, 0.717) is 12.0 Å². The number of esters is 1. The molecule has 3 aromatic rings. The number of carbonyl (C=O) groups is 2. The molecular formula is C26H29N3O3S. The summed E-state index contributed by atoms with van der Waals surface area (Å²) in [5, 5.41) is 2.79. The Morgan fingerprint density at radius 2 is 1.85 bits per heavy atom. The second-order valence-corrected chi connectivity index (χ2v) is 8.59. The van der Waals surface area contributed by atoms with Crippen LogP contribution in [0.3, 0.4) is 0 Å². The number of thioether (sulfide) groups is 1. The number of nitrogens with zero attached hydrogens (tertiary/aromatic N) is 2. The fraction of sp³-hybridized carbons (Fsp3) is 0.269. The normalized spacial score (nSPS) is 13.2. The Labute approximate surface area is 199 Å². The largest absolute Gasteiger partial charge is 0.467 e. The van der Waals surface area contributed by atoms with Gasteiger partial charge in [-0.05, 0) is 60.3 Å². The van der Waals surface area contributed by atoms with Crippen molar-refractivity contribution in [1.82, 2.24) is 14.9 Å². The zero-order valence-electron chi connectivity index (χ0n) is 19.1. The molecule has 0 aliphatic rings. The van der Waals surface area contributed by atoms with Crippen LogP contribution < -0.4 is 5.32 Å². The monoisotopic (exact) mass is 463 g/mol. The summed E-state index contributed by atoms with van der Waals surface area (Å²) in [6.45, 7) is 2.13. The van der Waals surface area contributed by atoms with Crippen LogP contribution in [0.1, 0.15) is 40.9 Å². The molecule has 0 fully saturated rings. The van der Waals surface area contributed by atoms with Gasteiger partial charge in [-0.15, -0.1) is 0 Å². The lowest BCUT2D eigenvalue weighted by Gasteiger charge is -2.18. The fourth-order valence-corrected chi connectivity index (χ4v) is 3.99. The van der Waals surface area contributed by atoms with Crippen molar-refractivity contribution in [2.75, 3.05) is 19.1 Å². The molecule has 0 bridgehead atoms. The van der Waals surface area contributed by atoms with Crippen LogP contribution in [0.25, 0.3) is 11.6 Å². The summed E-state index contributed by atoms with van der Waals surface area (Å²) in [6.07, 6.45) is 10.1. The van der Waals surface area contributed by atoms with Crippen LogP contribution in [-0.2, 0) is 9.53 Å². The maximum absolute atomic E-state index is 12.7. The summed E-state index contributed by atoms with van der Waals surface area (Å²) in [6, 6.07) is 17.0. The molecule has 7 heteroatoms. The average molecular weight is 464 g/mol. The maximum atomic E-state index is 12.7. The first-order valence-corrected chi connectivity index (χ1v) is 12.1. The van der Waals surface area contributed by atoms with Crippen LogP contribution in [0.4, 0.5) is 0 Å². The standard InChI is InChI=1S/C26H29N3O3S/c1-19(29-15-14-27-18-29)23(21-7-5-4-6-8-21)17-20-9-11-22(12-10-20)25(30)28-24(13-16-33-3)26(31)32-2/h4-12,14-15,17-19,24H,13,16H2,1-3H3,(H,28,30)/t19?,24-/m0/s1. The molecule has 1 aromatic heterocycles. The summed E-state index contributed by atoms with van der Waals surface area (Å²) in [5.74, 6) is 0.0243. The smallest absolute Gasteiger partial charge is 0.328 e. The zero-order chi connectivity index (χ0) is 23.6. The highest BCUT2D eigenvalue weighted by Crippen LogP contribution is 2.29. The van der Waals surface area contributed by atoms with Gasteiger partial charge in [0.2, 0.25) is 0 Å². The Balaban J connectivity index is 1.82. The van der Waals surface area contributed by atoms with E-state index in [0.717, 1.165) is 22.5 Å². The predicted molar refractivity (Wildman–Crippen MR) is 134 cm³/mol. The van der Waals surface area contributed by atoms with Crippen molar-refractivity contribution in [3.63, 3.8) is 0 Å². The van der Waals surface area contributed by atoms with E-state index in [9.17, 15) is 9.59 Å². The number of ether oxygens (including phenoxy) is 1. The maximum Gasteiger partial charge on any atom is 0.328 e. The van der Waals surface area contributed by atoms with Crippen molar-refractivity contribution in [3.8, 4) is 0 Å². The first-order valence-electron chi connectivity index (χ1n) is 10.8. The second kappa shape index (κ2) is 12.1. The molecule has 0 aliphatic carbocycles. The van der Waals surface area contributed by atoms with E-state index in [2.05, 4.69) is 40.0 Å². The molecule has 0 spiro atoms. The van der Waals surface area contributed by atoms with E-state index in [1.165, 1.54) is 7.11 Å². The summed E-state index contributed by atoms with van der Waals surface area (Å²) < 4.78 is 6.88. The van der Waals surface area contributed by atoms with E-state index in [1.54, 1.807) is 30.1 Å². The topological polar surface area (TPSA) is 73.2 Å². The number of benzene rings is 2. The van der Waals surface area contributed by atoms with Gasteiger partial charge in [0.1, 0.15) is 6.04 Å². The molecule has 1 amide bonds. The quantitative estimate of drug-likeness (QED) is 0.348. The molecule has 2 atom stereocenters. The number of aromatic nitrogens is 2. The highest BCUT2D eigenvalue weighted by atomic mass is 32.2. The first-order chi connectivity index (χ1) is 16.0. The minimum atomic E-state index is -0.657. The van der Waals surface area contributed by atoms with E-state index in [4.69, 9.17) is 4.74 Å². The van der Waals surface area contributed by atoms with Gasteiger partial charge in [-0.25, -0.2) is 9.78 Å². The minimum Gasteiger partial charge on any atom is -0.467 e. The first kappa shape index (κ1) is 24.3. The van der Waals surface area contributed by atoms with Crippen molar-refractivity contribution in [2.24, 2.45) is 0 Å². The lowest BCUT2D eigenvalue weighted by molar-refractivity contribution is -0.142. The summed E-state index contributed by atoms with van der Waals surface area (Å²) >= 11 is 1.62. The van der Waals surface area contributed by atoms with Gasteiger partial charge in [-0.3, -0.25) is 4.79 Å². The number of allylic oxidation sites excluding steroid dienone is 1. The summed E-state index contributed by atoms with van der Waals surface area (Å²) in [7, 11) is 1.33. The van der Waals surface area contributed by atoms with Crippen LogP contribution in [-0.4, -0.2) is 46.6 Å². The van der Waals surface area contributed by atoms with Crippen LogP contribution >= 0.6 is 11.8 Å². The third kappa shape index (κ3) is 6.58. The Kier molecular flexibility index (Phi) is 8.89. The molecule has 172 valence electrons. The van der Waals surface area contributed by atoms with E-state index in [-0.39, 0.29) is 11.9 Å². The number of hydrogen-bond acceptors (Lipinski definition) is 5. The molecule has 0 saturated carbocycles. The third-order valence-corrected chi connectivity index (χ3v) is 6.07. The Hall–Kier alpha value is -3.32. The number of amides is 1. The summed E-state index contributed by atoms with van der Waals surface area (Å²) in [5.41, 5.74) is 3.72. The molecule has 33 heavy (non-hydrogen) atoms. The highest BCUT2D eigenvalue weighted by molar-refractivity contribution is 7.98. The lowest BCUT2D eigenvalue weighted by atomic mass is 9.96. The van der Waals surface area contributed by atoms with Crippen LogP contribution in [0, 0.1) is 0 Å². The molecule has 0 aliphatic heterocycles. The number of imidazole rings is 1. The average Bonchev–Trinajstić information content (AvgIpc) is 3.40. The van der Waals surface area contributed by atoms with E-state index < -0.39 is 12.0 Å². The molecule has 0 radical (unpaired) electrons. The van der Waals surface area contributed by atoms with Crippen LogP contribution in [0.2, 0.25) is 0 Å². The number of methoxy groups -OCH3 is 1. The van der Waals surface area contributed by atoms with Gasteiger partial charge < -0.3 is 14.6 Å². The number of rotatable bonds is 10. The predicted octanol–water partition coefficient (Wildman–Crippen LogP) is 4.71. The molecule has 1 unspecified atom stereocenters. The van der Waals surface area contributed by atoms with Crippen molar-refractivity contribution in [1.29, 1.82) is 0 Å². The van der Waals surface area contributed by atoms with Crippen molar-refractivity contribution in [3.05, 3.63) is 90.0 Å². The van der Waals surface area contributed by atoms with E-state index in [1.807, 2.05) is 49.1 Å². The molecule has 0 saturated heterocycles. The van der Waals surface area contributed by atoms with Gasteiger partial charge in [0, 0.05) is 18.0 Å². The van der Waals surface area contributed by atoms with Crippen LogP contribution in [0.15, 0.2) is 73.3 Å². The van der Waals surface area contributed by atoms with Crippen LogP contribution in [0.5, 0.6) is 0 Å². The lowest BCUT2D eigenvalue weighted by Crippen LogP contribution is -2.41. The highest BCUT2D eigenvalue weighted by Gasteiger charge is 2.21. The third-order valence-electron chi connectivity index (χ3n) is 5.43. The summed E-state index contributed by atoms with van der Waals surface area (Å²) in [4.78, 5) is 28.9. The number of nitrogens with one attached hydrogen (secondary N) is 1. The second-order valence-electron chi connectivity index (χ2n) is 7.60. The van der Waals surface area contributed by atoms with Crippen molar-refractivity contribution < 1.29 is 14.3 Å².